The second-order valence-electron chi connectivity index (χ2n) is 2.41. The second kappa shape index (κ2) is 4.91. The molecule has 0 aromatic heterocycles. The van der Waals surface area contributed by atoms with Crippen molar-refractivity contribution in [2.75, 3.05) is 7.11 Å². The number of rotatable bonds is 4. The number of carbonyl (C=O) groups is 1. The molecule has 64 valence electrons. The summed E-state index contributed by atoms with van der Waals surface area (Å²) < 4.78 is 4.81. The zero-order valence-electron chi connectivity index (χ0n) is 7.26. The van der Waals surface area contributed by atoms with E-state index in [1.165, 1.54) is 7.11 Å². The predicted octanol–water partition coefficient (Wildman–Crippen LogP) is 0.712. The van der Waals surface area contributed by atoms with Gasteiger partial charge in [-0.15, -0.1) is 6.58 Å². The third-order valence-electron chi connectivity index (χ3n) is 1.45. The van der Waals surface area contributed by atoms with Crippen molar-refractivity contribution in [3.63, 3.8) is 0 Å². The van der Waals surface area contributed by atoms with Crippen LogP contribution in [0.3, 0.4) is 0 Å². The van der Waals surface area contributed by atoms with Crippen LogP contribution >= 0.6 is 0 Å². The Morgan fingerprint density at radius 1 is 1.64 bits per heavy atom. The minimum Gasteiger partial charge on any atom is -0.372 e. The molecule has 3 heteroatoms. The Bertz CT molecular complexity index is 145. The van der Waals surface area contributed by atoms with Gasteiger partial charge < -0.3 is 10.1 Å². The van der Waals surface area contributed by atoms with Crippen molar-refractivity contribution in [3.8, 4) is 0 Å². The van der Waals surface area contributed by atoms with Crippen LogP contribution in [0.25, 0.3) is 0 Å². The Morgan fingerprint density at radius 2 is 2.18 bits per heavy atom. The molecule has 1 N–H and O–H groups in total. The van der Waals surface area contributed by atoms with E-state index in [1.54, 1.807) is 13.0 Å². The lowest BCUT2D eigenvalue weighted by Crippen LogP contribution is -2.38. The summed E-state index contributed by atoms with van der Waals surface area (Å²) in [6, 6.07) is 0.0000926. The van der Waals surface area contributed by atoms with Gasteiger partial charge in [0.15, 0.2) is 0 Å². The lowest BCUT2D eigenvalue weighted by molar-refractivity contribution is -0.130. The van der Waals surface area contributed by atoms with Gasteiger partial charge in [-0.05, 0) is 13.8 Å². The molecule has 2 unspecified atom stereocenters. The van der Waals surface area contributed by atoms with Gasteiger partial charge in [-0.3, -0.25) is 4.79 Å². The fourth-order valence-electron chi connectivity index (χ4n) is 0.508. The highest BCUT2D eigenvalue weighted by Gasteiger charge is 2.11. The van der Waals surface area contributed by atoms with Crippen LogP contribution in [0.4, 0.5) is 0 Å². The number of nitrogens with one attached hydrogen (secondary N) is 1. The summed E-state index contributed by atoms with van der Waals surface area (Å²) >= 11 is 0. The molecule has 1 amide bonds. The van der Waals surface area contributed by atoms with Crippen molar-refractivity contribution in [2.45, 2.75) is 26.0 Å². The highest BCUT2D eigenvalue weighted by Crippen LogP contribution is 1.89. The largest absolute Gasteiger partial charge is 0.372 e. The van der Waals surface area contributed by atoms with Crippen molar-refractivity contribution in [1.29, 1.82) is 0 Å². The van der Waals surface area contributed by atoms with Gasteiger partial charge in [-0.25, -0.2) is 0 Å². The third kappa shape index (κ3) is 3.78. The van der Waals surface area contributed by atoms with Crippen molar-refractivity contribution in [3.05, 3.63) is 12.7 Å². The normalized spacial score (nSPS) is 15.2. The summed E-state index contributed by atoms with van der Waals surface area (Å²) in [5.41, 5.74) is 0. The molecule has 0 aliphatic heterocycles. The molecule has 0 spiro atoms. The number of methoxy groups -OCH3 is 1. The number of amides is 1. The maximum Gasteiger partial charge on any atom is 0.249 e. The average Bonchev–Trinajstić information content (AvgIpc) is 2.02. The quantitative estimate of drug-likeness (QED) is 0.610. The summed E-state index contributed by atoms with van der Waals surface area (Å²) in [7, 11) is 1.50. The minimum absolute atomic E-state index is 0.0000926. The van der Waals surface area contributed by atoms with Crippen LogP contribution in [-0.4, -0.2) is 25.2 Å². The van der Waals surface area contributed by atoms with Crippen LogP contribution in [-0.2, 0) is 9.53 Å². The molecule has 0 radical (unpaired) electrons. The molecule has 0 aliphatic carbocycles. The Balaban J connectivity index is 3.76. The Labute approximate surface area is 67.4 Å². The van der Waals surface area contributed by atoms with E-state index in [9.17, 15) is 4.79 Å². The van der Waals surface area contributed by atoms with E-state index in [1.807, 2.05) is 6.92 Å². The summed E-state index contributed by atoms with van der Waals surface area (Å²) in [5.74, 6) is -0.111. The highest BCUT2D eigenvalue weighted by atomic mass is 16.5. The van der Waals surface area contributed by atoms with Gasteiger partial charge in [-0.2, -0.15) is 0 Å². The number of ether oxygens (including phenoxy) is 1. The molecule has 0 heterocycles. The summed E-state index contributed by atoms with van der Waals surface area (Å²) in [6.45, 7) is 7.10. The first kappa shape index (κ1) is 10.2. The Hall–Kier alpha value is -0.830. The number of carbonyl (C=O) groups excluding carboxylic acids is 1. The lowest BCUT2D eigenvalue weighted by atomic mass is 10.3. The standard InChI is InChI=1S/C8H15NO2/c1-5-6(2)9-8(10)7(3)11-4/h5-7H,1H2,2-4H3,(H,9,10). The van der Waals surface area contributed by atoms with Crippen molar-refractivity contribution in [2.24, 2.45) is 0 Å². The molecule has 0 bridgehead atoms. The lowest BCUT2D eigenvalue weighted by Gasteiger charge is -2.12. The van der Waals surface area contributed by atoms with Gasteiger partial charge in [0.25, 0.3) is 0 Å². The molecule has 0 saturated carbocycles. The Morgan fingerprint density at radius 3 is 2.55 bits per heavy atom. The predicted molar refractivity (Wildman–Crippen MR) is 44.3 cm³/mol. The van der Waals surface area contributed by atoms with Crippen molar-refractivity contribution < 1.29 is 9.53 Å². The van der Waals surface area contributed by atoms with E-state index in [4.69, 9.17) is 4.74 Å². The van der Waals surface area contributed by atoms with Gasteiger partial charge in [0.05, 0.1) is 0 Å². The molecule has 3 nitrogen and oxygen atoms in total. The fraction of sp³-hybridized carbons (Fsp3) is 0.625. The molecular weight excluding hydrogens is 142 g/mol. The highest BCUT2D eigenvalue weighted by molar-refractivity contribution is 5.80. The molecule has 0 aliphatic rings. The average molecular weight is 157 g/mol. The molecule has 0 aromatic rings. The van der Waals surface area contributed by atoms with Gasteiger partial charge in [-0.1, -0.05) is 6.08 Å². The van der Waals surface area contributed by atoms with Gasteiger partial charge >= 0.3 is 0 Å². The first-order valence-electron chi connectivity index (χ1n) is 3.57. The smallest absolute Gasteiger partial charge is 0.249 e. The Kier molecular flexibility index (Phi) is 4.54. The summed E-state index contributed by atoms with van der Waals surface area (Å²) in [6.07, 6.45) is 1.28. The van der Waals surface area contributed by atoms with Gasteiger partial charge in [0, 0.05) is 13.2 Å². The maximum atomic E-state index is 11.1. The molecule has 0 fully saturated rings. The number of hydrogen-bond acceptors (Lipinski definition) is 2. The van der Waals surface area contributed by atoms with Crippen LogP contribution in [0.1, 0.15) is 13.8 Å². The zero-order chi connectivity index (χ0) is 8.85. The zero-order valence-corrected chi connectivity index (χ0v) is 7.26. The van der Waals surface area contributed by atoms with E-state index in [0.717, 1.165) is 0 Å². The van der Waals surface area contributed by atoms with Crippen LogP contribution in [0.5, 0.6) is 0 Å². The van der Waals surface area contributed by atoms with Crippen molar-refractivity contribution in [1.82, 2.24) is 5.32 Å². The van der Waals surface area contributed by atoms with E-state index in [-0.39, 0.29) is 11.9 Å². The van der Waals surface area contributed by atoms with Gasteiger partial charge in [0.2, 0.25) is 5.91 Å². The molecule has 0 saturated heterocycles. The monoisotopic (exact) mass is 157 g/mol. The fourth-order valence-corrected chi connectivity index (χ4v) is 0.508. The van der Waals surface area contributed by atoms with Crippen LogP contribution in [0, 0.1) is 0 Å². The topological polar surface area (TPSA) is 38.3 Å². The first-order valence-corrected chi connectivity index (χ1v) is 3.57. The molecule has 2 atom stereocenters. The number of hydrogen-bond donors (Lipinski definition) is 1. The molecule has 11 heavy (non-hydrogen) atoms. The molecule has 0 aromatic carbocycles. The van der Waals surface area contributed by atoms with E-state index in [2.05, 4.69) is 11.9 Å². The third-order valence-corrected chi connectivity index (χ3v) is 1.45. The summed E-state index contributed by atoms with van der Waals surface area (Å²) in [5, 5.41) is 2.70. The van der Waals surface area contributed by atoms with Crippen LogP contribution in [0.15, 0.2) is 12.7 Å². The van der Waals surface area contributed by atoms with Crippen LogP contribution in [0.2, 0.25) is 0 Å². The summed E-state index contributed by atoms with van der Waals surface area (Å²) in [4.78, 5) is 11.1. The SMILES string of the molecule is C=CC(C)NC(=O)C(C)OC. The molecular formula is C8H15NO2. The first-order chi connectivity index (χ1) is 5.11. The van der Waals surface area contributed by atoms with E-state index in [0.29, 0.717) is 0 Å². The van der Waals surface area contributed by atoms with E-state index >= 15 is 0 Å². The van der Waals surface area contributed by atoms with Crippen LogP contribution < -0.4 is 5.32 Å². The molecule has 0 rings (SSSR count). The maximum absolute atomic E-state index is 11.1. The van der Waals surface area contributed by atoms with Gasteiger partial charge in [0.1, 0.15) is 6.10 Å². The second-order valence-corrected chi connectivity index (χ2v) is 2.41. The van der Waals surface area contributed by atoms with Crippen molar-refractivity contribution >= 4 is 5.91 Å². The minimum atomic E-state index is -0.391. The van der Waals surface area contributed by atoms with E-state index < -0.39 is 6.10 Å².